The second kappa shape index (κ2) is 61.2. The molecule has 0 rings (SSSR count). The van der Waals surface area contributed by atoms with Gasteiger partial charge in [-0.15, -0.1) is 0 Å². The number of phosphoric ester groups is 1. The lowest BCUT2D eigenvalue weighted by atomic mass is 10.0. The van der Waals surface area contributed by atoms with Gasteiger partial charge in [-0.25, -0.2) is 4.57 Å². The Bertz CT molecular complexity index is 1880. The van der Waals surface area contributed by atoms with Crippen LogP contribution in [0, 0.1) is 0 Å². The summed E-state index contributed by atoms with van der Waals surface area (Å²) in [5, 5.41) is 3.05. The lowest BCUT2D eigenvalue weighted by Gasteiger charge is -2.27. The first-order valence-electron chi connectivity index (χ1n) is 33.5. The molecular weight excluding hydrogens is 1050 g/mol. The van der Waals surface area contributed by atoms with E-state index in [9.17, 15) is 19.0 Å². The number of nitrogens with one attached hydrogen (secondary N) is 1. The van der Waals surface area contributed by atoms with Gasteiger partial charge in [0, 0.05) is 12.8 Å². The van der Waals surface area contributed by atoms with E-state index in [2.05, 4.69) is 148 Å². The molecule has 0 spiro atoms. The molecule has 0 heterocycles. The standard InChI is InChI=1S/C73H125N2O7P/c1-7-10-13-16-19-22-25-28-30-32-34-35-36-37-38-39-41-42-44-47-50-53-56-59-62-65-72(76)74-70(69-81-83(78,79)80-68-67-75(4,5)6)71(64-61-58-55-52-49-46-27-24-21-18-15-12-9-3)82-73(77)66-63-60-57-54-51-48-45-43-40-33-31-29-26-23-20-17-14-11-8-2/h10,13,19-20,22-23,28-31,34-35,37-38,40-43,48,51,61,64,70-71H,7-9,11-12,14-18,21,24-27,32-33,36,39,44-47,49-50,52-60,62-63,65-69H2,1-6H3,(H-,74,76,78,79)/p+1/b13-10-,22-19-,23-20-,30-28-,31-29-,35-34-,38-37-,42-41-,43-40-,51-48-,64-61-. The van der Waals surface area contributed by atoms with Crippen LogP contribution in [0.25, 0.3) is 0 Å². The number of phosphoric acid groups is 1. The first-order chi connectivity index (χ1) is 40.4. The Morgan fingerprint density at radius 1 is 0.434 bits per heavy atom. The number of amides is 1. The zero-order chi connectivity index (χ0) is 60.7. The van der Waals surface area contributed by atoms with Gasteiger partial charge in [0.05, 0.1) is 33.8 Å². The topological polar surface area (TPSA) is 111 Å². The van der Waals surface area contributed by atoms with Gasteiger partial charge in [-0.05, 0) is 128 Å². The maximum Gasteiger partial charge on any atom is 0.472 e. The van der Waals surface area contributed by atoms with E-state index in [0.29, 0.717) is 23.9 Å². The number of esters is 1. The molecule has 9 nitrogen and oxygen atoms in total. The third kappa shape index (κ3) is 62.5. The molecule has 0 bridgehead atoms. The average molecular weight is 1170 g/mol. The number of unbranched alkanes of at least 4 members (excludes halogenated alkanes) is 23. The third-order valence-corrected chi connectivity index (χ3v) is 15.1. The zero-order valence-electron chi connectivity index (χ0n) is 54.1. The van der Waals surface area contributed by atoms with Crippen molar-refractivity contribution in [1.82, 2.24) is 5.32 Å². The Morgan fingerprint density at radius 2 is 0.771 bits per heavy atom. The van der Waals surface area contributed by atoms with Crippen molar-refractivity contribution in [2.24, 2.45) is 0 Å². The number of allylic oxidation sites excluding steroid dienone is 21. The largest absolute Gasteiger partial charge is 0.472 e. The Labute approximate surface area is 511 Å². The smallest absolute Gasteiger partial charge is 0.456 e. The van der Waals surface area contributed by atoms with Gasteiger partial charge in [0.1, 0.15) is 19.3 Å². The van der Waals surface area contributed by atoms with Crippen LogP contribution >= 0.6 is 7.82 Å². The summed E-state index contributed by atoms with van der Waals surface area (Å²) in [6.45, 7) is 6.83. The van der Waals surface area contributed by atoms with Crippen molar-refractivity contribution in [2.45, 2.75) is 277 Å². The summed E-state index contributed by atoms with van der Waals surface area (Å²) < 4.78 is 30.7. The molecule has 0 aromatic carbocycles. The fourth-order valence-electron chi connectivity index (χ4n) is 8.93. The van der Waals surface area contributed by atoms with E-state index in [4.69, 9.17) is 13.8 Å². The first kappa shape index (κ1) is 79.2. The van der Waals surface area contributed by atoms with Gasteiger partial charge in [0.2, 0.25) is 5.91 Å². The van der Waals surface area contributed by atoms with Crippen molar-refractivity contribution in [3.05, 3.63) is 134 Å². The van der Waals surface area contributed by atoms with Gasteiger partial charge in [-0.3, -0.25) is 18.6 Å². The van der Waals surface area contributed by atoms with Crippen molar-refractivity contribution >= 4 is 19.7 Å². The fourth-order valence-corrected chi connectivity index (χ4v) is 9.66. The minimum atomic E-state index is -4.47. The molecule has 3 atom stereocenters. The van der Waals surface area contributed by atoms with Gasteiger partial charge < -0.3 is 19.4 Å². The Morgan fingerprint density at radius 3 is 1.19 bits per heavy atom. The molecule has 0 fully saturated rings. The first-order valence-corrected chi connectivity index (χ1v) is 35.0. The molecule has 1 amide bonds. The van der Waals surface area contributed by atoms with Crippen LogP contribution in [0.15, 0.2) is 134 Å². The molecule has 0 aliphatic heterocycles. The van der Waals surface area contributed by atoms with Crippen molar-refractivity contribution in [3.63, 3.8) is 0 Å². The fraction of sp³-hybridized carbons (Fsp3) is 0.671. The highest BCUT2D eigenvalue weighted by Crippen LogP contribution is 2.43. The highest BCUT2D eigenvalue weighted by Gasteiger charge is 2.30. The number of ether oxygens (including phenoxy) is 1. The highest BCUT2D eigenvalue weighted by molar-refractivity contribution is 7.47. The van der Waals surface area contributed by atoms with Crippen LogP contribution in [0.2, 0.25) is 0 Å². The van der Waals surface area contributed by atoms with Crippen molar-refractivity contribution in [1.29, 1.82) is 0 Å². The lowest BCUT2D eigenvalue weighted by molar-refractivity contribution is -0.870. The number of likely N-dealkylation sites (N-methyl/N-ethyl adjacent to an activating group) is 1. The van der Waals surface area contributed by atoms with E-state index in [1.165, 1.54) is 83.5 Å². The second-order valence-electron chi connectivity index (χ2n) is 23.3. The minimum Gasteiger partial charge on any atom is -0.456 e. The van der Waals surface area contributed by atoms with Crippen LogP contribution in [0.3, 0.4) is 0 Å². The monoisotopic (exact) mass is 1170 g/mol. The molecule has 0 aliphatic rings. The lowest BCUT2D eigenvalue weighted by Crippen LogP contribution is -2.47. The average Bonchev–Trinajstić information content (AvgIpc) is 3.46. The number of nitrogens with zero attached hydrogens (tertiary/aromatic N) is 1. The maximum absolute atomic E-state index is 13.6. The van der Waals surface area contributed by atoms with Gasteiger partial charge in [0.25, 0.3) is 0 Å². The van der Waals surface area contributed by atoms with Crippen molar-refractivity contribution < 1.29 is 37.3 Å². The SMILES string of the molecule is CC/C=C\C/C=C\C/C=C\C/C=C\C/C=C\C/C=C\CCCCCCCCC(=O)NC(COP(=O)(O)OCC[N+](C)(C)C)C(/C=C\CCCCCCCCCCCCC)OC(=O)CCCCC/C=C\C/C=C\C/C=C\C/C=C\CCCCC. The molecule has 0 aromatic heterocycles. The summed E-state index contributed by atoms with van der Waals surface area (Å²) in [4.78, 5) is 37.8. The number of rotatable bonds is 59. The van der Waals surface area contributed by atoms with Gasteiger partial charge >= 0.3 is 13.8 Å². The second-order valence-corrected chi connectivity index (χ2v) is 24.7. The van der Waals surface area contributed by atoms with E-state index in [1.807, 2.05) is 33.3 Å². The molecule has 3 unspecified atom stereocenters. The summed E-state index contributed by atoms with van der Waals surface area (Å²) in [5.41, 5.74) is 0. The van der Waals surface area contributed by atoms with E-state index >= 15 is 0 Å². The molecule has 0 saturated heterocycles. The number of hydrogen-bond acceptors (Lipinski definition) is 6. The predicted octanol–water partition coefficient (Wildman–Crippen LogP) is 21.2. The minimum absolute atomic E-state index is 0.0243. The summed E-state index contributed by atoms with van der Waals surface area (Å²) in [7, 11) is 1.45. The van der Waals surface area contributed by atoms with Crippen LogP contribution in [-0.2, 0) is 27.9 Å². The molecule has 0 radical (unpaired) electrons. The van der Waals surface area contributed by atoms with Crippen LogP contribution < -0.4 is 5.32 Å². The zero-order valence-corrected chi connectivity index (χ0v) is 55.0. The molecule has 0 aromatic rings. The maximum atomic E-state index is 13.6. The number of carbonyl (C=O) groups excluding carboxylic acids is 2. The normalized spacial score (nSPS) is 14.4. The van der Waals surface area contributed by atoms with E-state index in [0.717, 1.165) is 141 Å². The van der Waals surface area contributed by atoms with E-state index in [-0.39, 0.29) is 31.5 Å². The molecular formula is C73H126N2O7P+. The number of quaternary nitrogens is 1. The van der Waals surface area contributed by atoms with E-state index in [1.54, 1.807) is 0 Å². The summed E-state index contributed by atoms with van der Waals surface area (Å²) in [6, 6.07) is -0.881. The van der Waals surface area contributed by atoms with Crippen LogP contribution in [0.5, 0.6) is 0 Å². The molecule has 83 heavy (non-hydrogen) atoms. The number of hydrogen-bond donors (Lipinski definition) is 2. The predicted molar refractivity (Wildman–Crippen MR) is 359 cm³/mol. The van der Waals surface area contributed by atoms with Gasteiger partial charge in [-0.2, -0.15) is 0 Å². The van der Waals surface area contributed by atoms with Crippen molar-refractivity contribution in [3.8, 4) is 0 Å². The Hall–Kier alpha value is -3.85. The molecule has 474 valence electrons. The quantitative estimate of drug-likeness (QED) is 0.0205. The highest BCUT2D eigenvalue weighted by atomic mass is 31.2. The molecule has 2 N–H and O–H groups in total. The van der Waals surface area contributed by atoms with Gasteiger partial charge in [-0.1, -0.05) is 258 Å². The Balaban J connectivity index is 5.29. The van der Waals surface area contributed by atoms with Crippen LogP contribution in [-0.4, -0.2) is 74.3 Å². The Kier molecular flexibility index (Phi) is 58.4. The summed E-state index contributed by atoms with van der Waals surface area (Å²) >= 11 is 0. The van der Waals surface area contributed by atoms with Crippen molar-refractivity contribution in [2.75, 3.05) is 40.9 Å². The summed E-state index contributed by atoms with van der Waals surface area (Å²) in [6.07, 6.45) is 87.3. The van der Waals surface area contributed by atoms with Crippen LogP contribution in [0.1, 0.15) is 265 Å². The number of carbonyl (C=O) groups is 2. The molecule has 10 heteroatoms. The third-order valence-electron chi connectivity index (χ3n) is 14.1. The molecule has 0 aliphatic carbocycles. The van der Waals surface area contributed by atoms with Gasteiger partial charge in [0.15, 0.2) is 0 Å². The molecule has 0 saturated carbocycles. The van der Waals surface area contributed by atoms with Crippen LogP contribution in [0.4, 0.5) is 0 Å². The summed E-state index contributed by atoms with van der Waals surface area (Å²) in [5.74, 6) is -0.565. The van der Waals surface area contributed by atoms with E-state index < -0.39 is 20.0 Å².